The minimum absolute atomic E-state index is 0.973. The van der Waals surface area contributed by atoms with Crippen LogP contribution in [0.3, 0.4) is 0 Å². The lowest BCUT2D eigenvalue weighted by Gasteiger charge is -1.97. The van der Waals surface area contributed by atoms with Crippen molar-refractivity contribution in [3.8, 4) is 63.1 Å². The smallest absolute Gasteiger partial charge is 0.236 e. The van der Waals surface area contributed by atoms with Crippen molar-refractivity contribution in [2.45, 2.75) is 78.4 Å². The van der Waals surface area contributed by atoms with Crippen LogP contribution in [0.15, 0.2) is 220 Å². The van der Waals surface area contributed by atoms with E-state index in [1.807, 2.05) is 0 Å². The molecular weight excluding hydrogens is 1140 g/mol. The summed E-state index contributed by atoms with van der Waals surface area (Å²) in [6, 6.07) is 49.6. The highest BCUT2D eigenvalue weighted by Crippen LogP contribution is 2.35. The van der Waals surface area contributed by atoms with Crippen LogP contribution in [0.1, 0.15) is 73.5 Å². The lowest BCUT2D eigenvalue weighted by molar-refractivity contribution is -0.876. The molecule has 0 saturated carbocycles. The molecule has 0 fully saturated rings. The van der Waals surface area contributed by atoms with Crippen LogP contribution in [0, 0.1) is 0 Å². The highest BCUT2D eigenvalue weighted by Gasteiger charge is 2.49. The number of para-hydroxylation sites is 2. The van der Waals surface area contributed by atoms with Gasteiger partial charge in [-0.1, -0.05) is 36.4 Å². The van der Waals surface area contributed by atoms with Crippen LogP contribution in [-0.4, -0.2) is 27.5 Å². The third kappa shape index (κ3) is 7.08. The van der Waals surface area contributed by atoms with Crippen molar-refractivity contribution in [2.24, 2.45) is 14.1 Å². The summed E-state index contributed by atoms with van der Waals surface area (Å²) in [6.07, 6.45) is 30.6. The molecule has 0 spiro atoms. The molecule has 0 atom stereocenters. The Labute approximate surface area is 529 Å². The summed E-state index contributed by atoms with van der Waals surface area (Å²) in [6.45, 7) is 10.1. The normalized spacial score (nSPS) is 14.5. The molecule has 14 aromatic rings. The predicted molar refractivity (Wildman–Crippen MR) is 327 cm³/mol. The molecule has 0 aliphatic carbocycles. The van der Waals surface area contributed by atoms with Gasteiger partial charge in [-0.15, -0.1) is 0 Å². The topological polar surface area (TPSA) is 76.1 Å². The van der Waals surface area contributed by atoms with Gasteiger partial charge in [0, 0.05) is 22.9 Å². The quantitative estimate of drug-likeness (QED) is 0.239. The minimum Gasteiger partial charge on any atom is -0.236 e. The molecule has 12 aliphatic heterocycles. The molecule has 18 nitrogen and oxygen atoms in total. The number of aryl methyl sites for hydroxylation is 2. The third-order valence-corrected chi connectivity index (χ3v) is 20.9. The van der Waals surface area contributed by atoms with E-state index in [9.17, 15) is 0 Å². The summed E-state index contributed by atoms with van der Waals surface area (Å²) < 4.78 is 41.9. The Kier molecular flexibility index (Phi) is 10.2. The Bertz CT molecular complexity index is 5150. The van der Waals surface area contributed by atoms with Crippen LogP contribution in [0.4, 0.5) is 0 Å². The zero-order valence-corrected chi connectivity index (χ0v) is 51.3. The molecule has 24 heterocycles. The zero-order chi connectivity index (χ0) is 60.2. The number of hydrogen-bond donors (Lipinski definition) is 0. The van der Waals surface area contributed by atoms with Gasteiger partial charge in [0.1, 0.15) is 61.4 Å². The van der Waals surface area contributed by atoms with Gasteiger partial charge in [0.2, 0.25) is 67.0 Å². The average Bonchev–Trinajstić information content (AvgIpc) is 1.61. The third-order valence-electron chi connectivity index (χ3n) is 20.9. The summed E-state index contributed by atoms with van der Waals surface area (Å²) in [5.41, 5.74) is 25.3. The van der Waals surface area contributed by atoms with Gasteiger partial charge in [-0.25, -0.2) is 36.5 Å². The van der Waals surface area contributed by atoms with E-state index in [0.717, 1.165) is 78.4 Å². The van der Waals surface area contributed by atoms with Gasteiger partial charge >= 0.3 is 17.3 Å². The Balaban J connectivity index is 0.0000000749. The number of hydrogen-bond acceptors (Lipinski definition) is 0. The van der Waals surface area contributed by atoms with Gasteiger partial charge in [0.25, 0.3) is 41.3 Å². The van der Waals surface area contributed by atoms with Crippen molar-refractivity contribution in [2.75, 3.05) is 0 Å². The van der Waals surface area contributed by atoms with Gasteiger partial charge in [0.05, 0.1) is 79.4 Å². The Morgan fingerprint density at radius 2 is 0.967 bits per heavy atom. The first-order valence-electron chi connectivity index (χ1n) is 32.2. The summed E-state index contributed by atoms with van der Waals surface area (Å²) >= 11 is 0. The van der Waals surface area contributed by atoms with Crippen molar-refractivity contribution in [3.05, 3.63) is 294 Å². The lowest BCUT2D eigenvalue weighted by Crippen LogP contribution is -2.44. The fourth-order valence-electron chi connectivity index (χ4n) is 17.1. The molecule has 2 aromatic carbocycles. The summed E-state index contributed by atoms with van der Waals surface area (Å²) in [4.78, 5) is 0. The van der Waals surface area contributed by atoms with E-state index in [2.05, 4.69) is 317 Å². The molecule has 26 rings (SSSR count). The molecule has 0 amide bonds. The van der Waals surface area contributed by atoms with Crippen LogP contribution < -0.4 is 54.9 Å². The molecule has 12 aliphatic rings. The van der Waals surface area contributed by atoms with Gasteiger partial charge < -0.3 is 0 Å². The van der Waals surface area contributed by atoms with Crippen LogP contribution in [0.25, 0.3) is 63.1 Å². The Morgan fingerprint density at radius 3 is 1.70 bits per heavy atom. The molecule has 0 N–H and O–H groups in total. The maximum Gasteiger partial charge on any atom is 0.360 e. The molecule has 0 radical (unpaired) electrons. The number of imidazole rings is 5. The fourth-order valence-corrected chi connectivity index (χ4v) is 17.1. The molecule has 0 bridgehead atoms. The fraction of sp³-hybridized carbons (Fsp3) is 0.189. The summed E-state index contributed by atoms with van der Waals surface area (Å²) in [7, 11) is 4.27. The molecular formula is C74H66N18+12. The van der Waals surface area contributed by atoms with E-state index in [4.69, 9.17) is 0 Å². The van der Waals surface area contributed by atoms with E-state index in [1.165, 1.54) is 137 Å². The second-order valence-corrected chi connectivity index (χ2v) is 26.2. The predicted octanol–water partition coefficient (Wildman–Crippen LogP) is 2.28. The molecule has 12 aromatic heterocycles. The molecule has 92 heavy (non-hydrogen) atoms. The van der Waals surface area contributed by atoms with E-state index in [1.54, 1.807) is 0 Å². The largest absolute Gasteiger partial charge is 0.360 e. The summed E-state index contributed by atoms with van der Waals surface area (Å²) in [5, 5.41) is 0. The number of pyridine rings is 6. The first-order valence-corrected chi connectivity index (χ1v) is 32.2. The number of nitrogens with zero attached hydrogens (tertiary/aromatic N) is 18. The monoisotopic (exact) mass is 1210 g/mol. The highest BCUT2D eigenvalue weighted by atomic mass is 15.5. The maximum absolute atomic E-state index is 2.42. The van der Waals surface area contributed by atoms with E-state index >= 15 is 0 Å². The lowest BCUT2D eigenvalue weighted by atomic mass is 10.2. The van der Waals surface area contributed by atoms with Gasteiger partial charge in [-0.05, 0) is 83.5 Å². The number of benzene rings is 2. The number of rotatable bonds is 2. The molecule has 18 heteroatoms. The van der Waals surface area contributed by atoms with Crippen molar-refractivity contribution in [1.82, 2.24) is 27.5 Å². The standard InChI is InChI=1S/2C16H13N3.2C11H11N3.2C10H9N3/c1-2-6-13(7-3-1)19-11-18-9-12-5-4-8-17-10-14(19)16(18)15(12)17;1-2-6-13(7-3-1)18-11-14-10-17-8-4-5-12-9-15(18)19(14)16(12)17;1-12-7-14-5-8-3-2-4-13-6-9(12)11(14)10(8)13;1-12-6-9-7-13-4-2-3-8-5-10(12)14(9)11(8)13;1-2-8-6-12-5-3-9-7-11(4-1)10(8)13(9)12;1-2-8-6-11-4-5-13-7-12(3-1)9(8)10(11)13/h2*1-8,11H,9-10H2;2-4,7H,5-6H2,1H3;2-4,6H,5,7H2,1H3;2*1-5H,6-7H2/q6*+2. The molecule has 0 unspecified atom stereocenters. The van der Waals surface area contributed by atoms with Crippen LogP contribution in [0.5, 0.6) is 0 Å². The Hall–Kier alpha value is -11.4. The second-order valence-electron chi connectivity index (χ2n) is 26.2. The van der Waals surface area contributed by atoms with E-state index < -0.39 is 0 Å². The van der Waals surface area contributed by atoms with Crippen molar-refractivity contribution >= 4 is 0 Å². The minimum atomic E-state index is 0.973. The van der Waals surface area contributed by atoms with Crippen molar-refractivity contribution in [1.29, 1.82) is 0 Å². The zero-order valence-electron chi connectivity index (χ0n) is 51.3. The highest BCUT2D eigenvalue weighted by molar-refractivity contribution is 5.62. The van der Waals surface area contributed by atoms with Gasteiger partial charge in [-0.2, -0.15) is 36.5 Å². The first kappa shape index (κ1) is 50.5. The molecule has 440 valence electrons. The van der Waals surface area contributed by atoms with E-state index in [-0.39, 0.29) is 0 Å². The first-order chi connectivity index (χ1) is 45.4. The molecule has 0 saturated heterocycles. The number of aromatic nitrogens is 18. The van der Waals surface area contributed by atoms with Crippen LogP contribution in [0.2, 0.25) is 0 Å². The van der Waals surface area contributed by atoms with Crippen LogP contribution >= 0.6 is 0 Å². The van der Waals surface area contributed by atoms with E-state index in [0.29, 0.717) is 0 Å². The maximum atomic E-state index is 2.42. The Morgan fingerprint density at radius 1 is 0.391 bits per heavy atom. The van der Waals surface area contributed by atoms with Gasteiger partial charge in [-0.3, -0.25) is 0 Å². The average molecular weight is 1210 g/mol. The second kappa shape index (κ2) is 18.6. The van der Waals surface area contributed by atoms with Crippen molar-refractivity contribution in [3.63, 3.8) is 0 Å². The summed E-state index contributed by atoms with van der Waals surface area (Å²) in [5.74, 6) is 8.26. The SMILES string of the molecule is C[n+]1cc2n3c1Cc1ccc[n+](c1-3)C2.Cn1c[n+]2c3c1C[n+]1cccc(c1-3)C2.c1cc2c3[n+](c1)C[n+]1ccn(c1-3)C2.c1cc2c3[n+](c1)Cc1cc[n+](n1-3)C2.c1ccc(-[n+]2cc3n4c2Cc2ccc[n+](c2-4)C3)cc1.c1ccc(-n2c[n+]3c4c2C[n+]2cccc(c2-4)C3)cc1. The van der Waals surface area contributed by atoms with Crippen LogP contribution in [-0.2, 0) is 92.5 Å². The van der Waals surface area contributed by atoms with Gasteiger partial charge in [0.15, 0.2) is 49.6 Å². The van der Waals surface area contributed by atoms with Crippen molar-refractivity contribution < 1.29 is 54.9 Å².